The number of likely N-dealkylation sites (N-methyl/N-ethyl adjacent to an activating group) is 1. The molecule has 0 atom stereocenters. The van der Waals surface area contributed by atoms with Crippen LogP contribution in [-0.2, 0) is 0 Å². The summed E-state index contributed by atoms with van der Waals surface area (Å²) in [5.74, 6) is 0. The van der Waals surface area contributed by atoms with Crippen LogP contribution in [0.4, 0.5) is 10.5 Å². The van der Waals surface area contributed by atoms with Gasteiger partial charge in [-0.2, -0.15) is 0 Å². The Bertz CT molecular complexity index is 312. The van der Waals surface area contributed by atoms with Gasteiger partial charge in [0.15, 0.2) is 0 Å². The molecule has 0 aliphatic rings. The van der Waals surface area contributed by atoms with E-state index in [1.165, 1.54) is 4.90 Å². The van der Waals surface area contributed by atoms with Crippen LogP contribution in [0.5, 0.6) is 0 Å². The van der Waals surface area contributed by atoms with Crippen LogP contribution in [-0.4, -0.2) is 43.3 Å². The van der Waals surface area contributed by atoms with Crippen molar-refractivity contribution in [1.82, 2.24) is 4.90 Å². The van der Waals surface area contributed by atoms with Gasteiger partial charge in [0.05, 0.1) is 0 Å². The van der Waals surface area contributed by atoms with Gasteiger partial charge in [-0.15, -0.1) is 0 Å². The molecular weight excluding hydrogens is 192 g/mol. The molecule has 1 aromatic rings. The summed E-state index contributed by atoms with van der Waals surface area (Å²) in [7, 11) is 3.84. The zero-order valence-corrected chi connectivity index (χ0v) is 9.05. The molecule has 1 aromatic carbocycles. The van der Waals surface area contributed by atoms with Gasteiger partial charge in [0, 0.05) is 18.8 Å². The van der Waals surface area contributed by atoms with E-state index in [0.29, 0.717) is 18.8 Å². The summed E-state index contributed by atoms with van der Waals surface area (Å²) in [6.07, 6.45) is -0.914. The van der Waals surface area contributed by atoms with E-state index >= 15 is 0 Å². The molecule has 0 aliphatic carbocycles. The van der Waals surface area contributed by atoms with Gasteiger partial charge in [-0.05, 0) is 26.2 Å². The van der Waals surface area contributed by atoms with E-state index in [2.05, 4.69) is 0 Å². The Balaban J connectivity index is 2.71. The summed E-state index contributed by atoms with van der Waals surface area (Å²) in [6, 6.07) is 9.13. The van der Waals surface area contributed by atoms with Gasteiger partial charge < -0.3 is 10.0 Å². The van der Waals surface area contributed by atoms with Gasteiger partial charge in [-0.25, -0.2) is 4.79 Å². The summed E-state index contributed by atoms with van der Waals surface area (Å²) >= 11 is 0. The second-order valence-electron chi connectivity index (χ2n) is 3.57. The Hall–Kier alpha value is -1.55. The third kappa shape index (κ3) is 3.59. The number of hydrogen-bond donors (Lipinski definition) is 1. The predicted molar refractivity (Wildman–Crippen MR) is 60.4 cm³/mol. The number of anilines is 1. The quantitative estimate of drug-likeness (QED) is 0.819. The van der Waals surface area contributed by atoms with E-state index in [9.17, 15) is 4.79 Å². The smallest absolute Gasteiger partial charge is 0.411 e. The van der Waals surface area contributed by atoms with Crippen LogP contribution in [0.25, 0.3) is 0 Å². The lowest BCUT2D eigenvalue weighted by Gasteiger charge is -2.21. The maximum absolute atomic E-state index is 11.0. The lowest BCUT2D eigenvalue weighted by Crippen LogP contribution is -2.35. The molecule has 82 valence electrons. The highest BCUT2D eigenvalue weighted by molar-refractivity contribution is 5.85. The van der Waals surface area contributed by atoms with Gasteiger partial charge in [0.1, 0.15) is 0 Å². The fourth-order valence-corrected chi connectivity index (χ4v) is 1.24. The molecule has 15 heavy (non-hydrogen) atoms. The number of amides is 1. The fraction of sp³-hybridized carbons (Fsp3) is 0.364. The molecule has 0 saturated carbocycles. The molecule has 1 amide bonds. The van der Waals surface area contributed by atoms with Gasteiger partial charge in [0.25, 0.3) is 0 Å². The molecule has 0 bridgehead atoms. The molecular formula is C11H16N2O2. The van der Waals surface area contributed by atoms with E-state index < -0.39 is 6.09 Å². The van der Waals surface area contributed by atoms with Crippen LogP contribution >= 0.6 is 0 Å². The molecule has 0 unspecified atom stereocenters. The largest absolute Gasteiger partial charge is 0.465 e. The first-order valence-electron chi connectivity index (χ1n) is 4.81. The summed E-state index contributed by atoms with van der Waals surface area (Å²) in [5, 5.41) is 9.05. The van der Waals surface area contributed by atoms with E-state index in [1.807, 2.05) is 37.2 Å². The maximum atomic E-state index is 11.0. The molecule has 0 aliphatic heterocycles. The minimum absolute atomic E-state index is 0.479. The maximum Gasteiger partial charge on any atom is 0.411 e. The number of carbonyl (C=O) groups is 1. The second-order valence-corrected chi connectivity index (χ2v) is 3.57. The SMILES string of the molecule is CN(C)CCN(C(=O)O)c1ccccc1. The normalized spacial score (nSPS) is 10.3. The monoisotopic (exact) mass is 208 g/mol. The zero-order chi connectivity index (χ0) is 11.3. The predicted octanol–water partition coefficient (Wildman–Crippen LogP) is 1.73. The molecule has 0 radical (unpaired) electrons. The Morgan fingerprint density at radius 3 is 2.27 bits per heavy atom. The van der Waals surface area contributed by atoms with Crippen LogP contribution in [0.15, 0.2) is 30.3 Å². The van der Waals surface area contributed by atoms with Crippen molar-refractivity contribution in [2.45, 2.75) is 0 Å². The number of hydrogen-bond acceptors (Lipinski definition) is 2. The summed E-state index contributed by atoms with van der Waals surface area (Å²) in [4.78, 5) is 14.3. The average Bonchev–Trinajstić information content (AvgIpc) is 2.18. The summed E-state index contributed by atoms with van der Waals surface area (Å²) in [5.41, 5.74) is 0.715. The number of nitrogens with zero attached hydrogens (tertiary/aromatic N) is 2. The van der Waals surface area contributed by atoms with Crippen molar-refractivity contribution in [3.8, 4) is 0 Å². The van der Waals surface area contributed by atoms with Gasteiger partial charge >= 0.3 is 6.09 Å². The first-order chi connectivity index (χ1) is 7.11. The van der Waals surface area contributed by atoms with Crippen LogP contribution in [0.2, 0.25) is 0 Å². The lowest BCUT2D eigenvalue weighted by atomic mass is 10.3. The molecule has 0 spiro atoms. The number of para-hydroxylation sites is 1. The van der Waals surface area contributed by atoms with Crippen LogP contribution < -0.4 is 4.90 Å². The van der Waals surface area contributed by atoms with Crippen molar-refractivity contribution in [1.29, 1.82) is 0 Å². The zero-order valence-electron chi connectivity index (χ0n) is 9.05. The Morgan fingerprint density at radius 2 is 1.80 bits per heavy atom. The van der Waals surface area contributed by atoms with Crippen LogP contribution in [0.1, 0.15) is 0 Å². The number of carboxylic acid groups (broad SMARTS) is 1. The van der Waals surface area contributed by atoms with Crippen molar-refractivity contribution < 1.29 is 9.90 Å². The van der Waals surface area contributed by atoms with Crippen molar-refractivity contribution in [3.63, 3.8) is 0 Å². The highest BCUT2D eigenvalue weighted by atomic mass is 16.4. The first-order valence-corrected chi connectivity index (χ1v) is 4.81. The summed E-state index contributed by atoms with van der Waals surface area (Å²) < 4.78 is 0. The number of rotatable bonds is 4. The molecule has 4 nitrogen and oxygen atoms in total. The van der Waals surface area contributed by atoms with E-state index in [1.54, 1.807) is 12.1 Å². The van der Waals surface area contributed by atoms with Crippen molar-refractivity contribution >= 4 is 11.8 Å². The molecule has 0 heterocycles. The number of benzene rings is 1. The highest BCUT2D eigenvalue weighted by Gasteiger charge is 2.13. The third-order valence-electron chi connectivity index (χ3n) is 2.07. The Morgan fingerprint density at radius 1 is 1.20 bits per heavy atom. The standard InChI is InChI=1S/C11H16N2O2/c1-12(2)8-9-13(11(14)15)10-6-4-3-5-7-10/h3-7H,8-9H2,1-2H3,(H,14,15). The van der Waals surface area contributed by atoms with E-state index in [0.717, 1.165) is 0 Å². The van der Waals surface area contributed by atoms with Crippen molar-refractivity contribution in [2.24, 2.45) is 0 Å². The fourth-order valence-electron chi connectivity index (χ4n) is 1.24. The average molecular weight is 208 g/mol. The minimum atomic E-state index is -0.914. The molecule has 1 N–H and O–H groups in total. The van der Waals surface area contributed by atoms with E-state index in [-0.39, 0.29) is 0 Å². The van der Waals surface area contributed by atoms with Gasteiger partial charge in [-0.3, -0.25) is 4.90 Å². The van der Waals surface area contributed by atoms with Crippen LogP contribution in [0.3, 0.4) is 0 Å². The molecule has 1 rings (SSSR count). The first kappa shape index (κ1) is 11.5. The lowest BCUT2D eigenvalue weighted by molar-refractivity contribution is 0.201. The van der Waals surface area contributed by atoms with Gasteiger partial charge in [-0.1, -0.05) is 18.2 Å². The van der Waals surface area contributed by atoms with Crippen molar-refractivity contribution in [3.05, 3.63) is 30.3 Å². The Labute approximate surface area is 89.7 Å². The molecule has 0 saturated heterocycles. The molecule has 4 heteroatoms. The van der Waals surface area contributed by atoms with Crippen molar-refractivity contribution in [2.75, 3.05) is 32.1 Å². The summed E-state index contributed by atoms with van der Waals surface area (Å²) in [6.45, 7) is 1.19. The minimum Gasteiger partial charge on any atom is -0.465 e. The molecule has 0 aromatic heterocycles. The molecule has 0 fully saturated rings. The second kappa shape index (κ2) is 5.36. The van der Waals surface area contributed by atoms with Gasteiger partial charge in [0.2, 0.25) is 0 Å². The Kier molecular flexibility index (Phi) is 4.12. The van der Waals surface area contributed by atoms with Crippen LogP contribution in [0, 0.1) is 0 Å². The van der Waals surface area contributed by atoms with E-state index in [4.69, 9.17) is 5.11 Å². The third-order valence-corrected chi connectivity index (χ3v) is 2.07. The topological polar surface area (TPSA) is 43.8 Å². The highest BCUT2D eigenvalue weighted by Crippen LogP contribution is 2.12.